The maximum Gasteiger partial charge on any atom is 0.289 e. The van der Waals surface area contributed by atoms with Gasteiger partial charge in [-0.2, -0.15) is 0 Å². The molecule has 1 atom stereocenters. The molecule has 0 aromatic carbocycles. The summed E-state index contributed by atoms with van der Waals surface area (Å²) in [5.41, 5.74) is 0.522. The highest BCUT2D eigenvalue weighted by molar-refractivity contribution is 5.92. The normalized spacial score (nSPS) is 21.5. The minimum Gasteiger partial charge on any atom is -0.459 e. The molecule has 4 rings (SSSR count). The van der Waals surface area contributed by atoms with Crippen LogP contribution >= 0.6 is 0 Å². The van der Waals surface area contributed by atoms with Gasteiger partial charge >= 0.3 is 0 Å². The number of rotatable bonds is 3. The Morgan fingerprint density at radius 2 is 2.04 bits per heavy atom. The first-order valence-corrected chi connectivity index (χ1v) is 8.96. The molecule has 0 radical (unpaired) electrons. The second kappa shape index (κ2) is 6.26. The van der Waals surface area contributed by atoms with Crippen molar-refractivity contribution >= 4 is 11.8 Å². The third kappa shape index (κ3) is 2.69. The van der Waals surface area contributed by atoms with Gasteiger partial charge in [0.1, 0.15) is 0 Å². The van der Waals surface area contributed by atoms with E-state index in [1.54, 1.807) is 32.4 Å². The van der Waals surface area contributed by atoms with Crippen LogP contribution in [0.3, 0.4) is 0 Å². The van der Waals surface area contributed by atoms with Crippen LogP contribution in [0.25, 0.3) is 0 Å². The Morgan fingerprint density at radius 1 is 1.27 bits per heavy atom. The van der Waals surface area contributed by atoms with Gasteiger partial charge in [-0.15, -0.1) is 5.10 Å². The Morgan fingerprint density at radius 3 is 2.62 bits per heavy atom. The van der Waals surface area contributed by atoms with E-state index in [1.807, 2.05) is 9.58 Å². The van der Waals surface area contributed by atoms with Gasteiger partial charge in [0.25, 0.3) is 11.8 Å². The summed E-state index contributed by atoms with van der Waals surface area (Å²) in [5.74, 6) is 0.220. The molecule has 1 aliphatic heterocycles. The number of hydrogen-bond acceptors (Lipinski definition) is 5. The number of aromatic nitrogens is 3. The van der Waals surface area contributed by atoms with Crippen LogP contribution < -0.4 is 0 Å². The van der Waals surface area contributed by atoms with Crippen molar-refractivity contribution in [3.63, 3.8) is 0 Å². The smallest absolute Gasteiger partial charge is 0.289 e. The van der Waals surface area contributed by atoms with Crippen LogP contribution in [-0.2, 0) is 0 Å². The monoisotopic (exact) mass is 357 g/mol. The Balaban J connectivity index is 1.43. The number of piperidine rings is 1. The molecule has 26 heavy (non-hydrogen) atoms. The zero-order valence-electron chi connectivity index (χ0n) is 15.1. The van der Waals surface area contributed by atoms with E-state index in [2.05, 4.69) is 10.3 Å². The molecule has 138 valence electrons. The molecule has 2 fully saturated rings. The Bertz CT molecular complexity index is 803. The lowest BCUT2D eigenvalue weighted by Gasteiger charge is -2.53. The summed E-state index contributed by atoms with van der Waals surface area (Å²) in [4.78, 5) is 27.8. The maximum atomic E-state index is 12.4. The largest absolute Gasteiger partial charge is 0.459 e. The van der Waals surface area contributed by atoms with E-state index >= 15 is 0 Å². The van der Waals surface area contributed by atoms with Gasteiger partial charge in [-0.05, 0) is 43.2 Å². The van der Waals surface area contributed by atoms with Crippen molar-refractivity contribution in [2.75, 3.05) is 27.2 Å². The maximum absolute atomic E-state index is 12.4. The van der Waals surface area contributed by atoms with Crippen molar-refractivity contribution in [1.29, 1.82) is 0 Å². The molecule has 0 bridgehead atoms. The van der Waals surface area contributed by atoms with Crippen molar-refractivity contribution in [3.05, 3.63) is 36.0 Å². The molecule has 8 heteroatoms. The van der Waals surface area contributed by atoms with Gasteiger partial charge < -0.3 is 14.2 Å². The first kappa shape index (κ1) is 16.8. The lowest BCUT2D eigenvalue weighted by Crippen LogP contribution is -2.51. The summed E-state index contributed by atoms with van der Waals surface area (Å²) in [6, 6.07) is 3.69. The van der Waals surface area contributed by atoms with Crippen LogP contribution in [0.15, 0.2) is 29.0 Å². The predicted octanol–water partition coefficient (Wildman–Crippen LogP) is 1.83. The van der Waals surface area contributed by atoms with Gasteiger partial charge in [0, 0.05) is 27.2 Å². The van der Waals surface area contributed by atoms with Gasteiger partial charge in [-0.1, -0.05) is 5.21 Å². The van der Waals surface area contributed by atoms with E-state index in [-0.39, 0.29) is 23.3 Å². The predicted molar refractivity (Wildman–Crippen MR) is 92.6 cm³/mol. The fraction of sp³-hybridized carbons (Fsp3) is 0.556. The van der Waals surface area contributed by atoms with E-state index in [0.29, 0.717) is 24.5 Å². The molecule has 1 saturated heterocycles. The fourth-order valence-corrected chi connectivity index (χ4v) is 4.15. The molecule has 1 aliphatic carbocycles. The van der Waals surface area contributed by atoms with E-state index in [4.69, 9.17) is 4.42 Å². The number of furan rings is 1. The van der Waals surface area contributed by atoms with Crippen molar-refractivity contribution in [2.24, 2.45) is 5.41 Å². The standard InChI is InChI=1S/C18H23N5O3/c1-21(2)16(24)13-12-23(20-19-13)15-5-6-18(15)7-9-22(10-8-18)17(25)14-4-3-11-26-14/h3-4,11-12,15H,5-10H2,1-2H3. The molecule has 3 heterocycles. The van der Waals surface area contributed by atoms with Crippen LogP contribution in [0, 0.1) is 5.41 Å². The average molecular weight is 357 g/mol. The second-order valence-electron chi connectivity index (χ2n) is 7.47. The lowest BCUT2D eigenvalue weighted by molar-refractivity contribution is -0.0274. The summed E-state index contributed by atoms with van der Waals surface area (Å²) in [7, 11) is 3.41. The third-order valence-electron chi connectivity index (χ3n) is 5.86. The first-order valence-electron chi connectivity index (χ1n) is 8.96. The number of carbonyl (C=O) groups excluding carboxylic acids is 2. The quantitative estimate of drug-likeness (QED) is 0.837. The fourth-order valence-electron chi connectivity index (χ4n) is 4.15. The summed E-state index contributed by atoms with van der Waals surface area (Å²) in [5, 5.41) is 8.25. The zero-order chi connectivity index (χ0) is 18.3. The Kier molecular flexibility index (Phi) is 4.05. The van der Waals surface area contributed by atoms with E-state index < -0.39 is 0 Å². The van der Waals surface area contributed by atoms with Gasteiger partial charge in [-0.3, -0.25) is 9.59 Å². The minimum atomic E-state index is -0.136. The van der Waals surface area contributed by atoms with Crippen molar-refractivity contribution in [3.8, 4) is 0 Å². The molecule has 0 N–H and O–H groups in total. The van der Waals surface area contributed by atoms with Gasteiger partial charge in [0.15, 0.2) is 11.5 Å². The van der Waals surface area contributed by atoms with E-state index in [9.17, 15) is 9.59 Å². The molecule has 8 nitrogen and oxygen atoms in total. The van der Waals surface area contributed by atoms with Crippen LogP contribution in [0.1, 0.15) is 52.8 Å². The third-order valence-corrected chi connectivity index (χ3v) is 5.86. The van der Waals surface area contributed by atoms with Gasteiger partial charge in [-0.25, -0.2) is 4.68 Å². The summed E-state index contributed by atoms with van der Waals surface area (Å²) >= 11 is 0. The molecular formula is C18H23N5O3. The molecule has 1 saturated carbocycles. The molecule has 1 spiro atoms. The van der Waals surface area contributed by atoms with Crippen LogP contribution in [0.2, 0.25) is 0 Å². The first-order chi connectivity index (χ1) is 12.5. The van der Waals surface area contributed by atoms with Crippen molar-refractivity contribution in [2.45, 2.75) is 31.7 Å². The number of amides is 2. The Labute approximate surface area is 151 Å². The summed E-state index contributed by atoms with van der Waals surface area (Å²) < 4.78 is 7.08. The van der Waals surface area contributed by atoms with Gasteiger partial charge in [0.2, 0.25) is 0 Å². The van der Waals surface area contributed by atoms with E-state index in [0.717, 1.165) is 25.7 Å². The molecule has 2 aromatic rings. The minimum absolute atomic E-state index is 0.0413. The highest BCUT2D eigenvalue weighted by atomic mass is 16.3. The summed E-state index contributed by atoms with van der Waals surface area (Å²) in [6.45, 7) is 1.43. The van der Waals surface area contributed by atoms with Crippen molar-refractivity contribution in [1.82, 2.24) is 24.8 Å². The summed E-state index contributed by atoms with van der Waals surface area (Å²) in [6.07, 6.45) is 7.30. The number of carbonyl (C=O) groups is 2. The lowest BCUT2D eigenvalue weighted by atomic mass is 9.59. The number of hydrogen-bond donors (Lipinski definition) is 0. The average Bonchev–Trinajstić information content (AvgIpc) is 3.32. The molecule has 2 amide bonds. The zero-order valence-corrected chi connectivity index (χ0v) is 15.1. The second-order valence-corrected chi connectivity index (χ2v) is 7.47. The van der Waals surface area contributed by atoms with Crippen LogP contribution in [-0.4, -0.2) is 63.8 Å². The SMILES string of the molecule is CN(C)C(=O)c1cn(C2CCC23CCN(C(=O)c2ccco2)CC3)nn1. The Hall–Kier alpha value is -2.64. The highest BCUT2D eigenvalue weighted by Crippen LogP contribution is 2.56. The molecular weight excluding hydrogens is 334 g/mol. The molecule has 1 unspecified atom stereocenters. The van der Waals surface area contributed by atoms with Crippen LogP contribution in [0.4, 0.5) is 0 Å². The highest BCUT2D eigenvalue weighted by Gasteiger charge is 2.50. The molecule has 2 aromatic heterocycles. The number of nitrogens with zero attached hydrogens (tertiary/aromatic N) is 5. The van der Waals surface area contributed by atoms with Gasteiger partial charge in [0.05, 0.1) is 18.5 Å². The topological polar surface area (TPSA) is 84.5 Å². The van der Waals surface area contributed by atoms with E-state index in [1.165, 1.54) is 11.2 Å². The molecule has 2 aliphatic rings. The van der Waals surface area contributed by atoms with Crippen LogP contribution in [0.5, 0.6) is 0 Å². The number of likely N-dealkylation sites (tertiary alicyclic amines) is 1. The van der Waals surface area contributed by atoms with Crippen molar-refractivity contribution < 1.29 is 14.0 Å².